The van der Waals surface area contributed by atoms with Crippen LogP contribution in [0.3, 0.4) is 0 Å². The lowest BCUT2D eigenvalue weighted by molar-refractivity contribution is -0.158. The first-order valence-corrected chi connectivity index (χ1v) is 4.41. The van der Waals surface area contributed by atoms with Crippen molar-refractivity contribution < 1.29 is 22.5 Å². The summed E-state index contributed by atoms with van der Waals surface area (Å²) < 4.78 is 27.6. The van der Waals surface area contributed by atoms with Crippen molar-refractivity contribution in [1.82, 2.24) is 0 Å². The topological polar surface area (TPSA) is 72.8 Å². The van der Waals surface area contributed by atoms with E-state index < -0.39 is 22.9 Å². The number of rotatable bonds is 4. The Hall–Kier alpha value is -0.460. The number of hydrogen-bond acceptors (Lipinski definition) is 4. The second-order valence-electron chi connectivity index (χ2n) is 2.53. The first-order valence-electron chi connectivity index (χ1n) is 3.37. The summed E-state index contributed by atoms with van der Waals surface area (Å²) in [7, 11) is 0. The summed E-state index contributed by atoms with van der Waals surface area (Å²) in [4.78, 5) is 11.0. The summed E-state index contributed by atoms with van der Waals surface area (Å²) in [6.07, 6.45) is 0. The van der Waals surface area contributed by atoms with Crippen molar-refractivity contribution in [2.24, 2.45) is 0 Å². The van der Waals surface area contributed by atoms with Gasteiger partial charge in [0.15, 0.2) is 5.60 Å². The van der Waals surface area contributed by atoms with Crippen LogP contribution in [0.2, 0.25) is 0 Å². The quantitative estimate of drug-likeness (QED) is 0.523. The minimum atomic E-state index is -2.46. The number of carbonyl (C=O) groups is 1. The Balaban J connectivity index is 4.18. The van der Waals surface area contributed by atoms with E-state index in [1.54, 1.807) is 6.92 Å². The van der Waals surface area contributed by atoms with Gasteiger partial charge in [0.05, 0.1) is 6.61 Å². The van der Waals surface area contributed by atoms with E-state index in [-0.39, 0.29) is 6.61 Å². The highest BCUT2D eigenvalue weighted by atomic mass is 32.2. The van der Waals surface area contributed by atoms with Crippen LogP contribution in [-0.4, -0.2) is 26.9 Å². The van der Waals surface area contributed by atoms with Crippen LogP contribution >= 0.6 is 0 Å². The number of esters is 1. The predicted octanol–water partition coefficient (Wildman–Crippen LogP) is 0.481. The van der Waals surface area contributed by atoms with Gasteiger partial charge in [-0.3, -0.25) is 8.74 Å². The molecule has 0 aromatic heterocycles. The van der Waals surface area contributed by atoms with Gasteiger partial charge in [0.1, 0.15) is 0 Å². The molecule has 1 unspecified atom stereocenters. The van der Waals surface area contributed by atoms with Crippen LogP contribution in [0, 0.1) is 0 Å². The second kappa shape index (κ2) is 4.54. The Morgan fingerprint density at radius 3 is 2.42 bits per heavy atom. The Labute approximate surface area is 73.5 Å². The molecule has 5 nitrogen and oxygen atoms in total. The smallest absolute Gasteiger partial charge is 0.339 e. The fourth-order valence-electron chi connectivity index (χ4n) is 0.517. The zero-order valence-corrected chi connectivity index (χ0v) is 8.01. The van der Waals surface area contributed by atoms with Crippen LogP contribution in [0.25, 0.3) is 0 Å². The molecule has 0 aromatic rings. The highest BCUT2D eigenvalue weighted by Gasteiger charge is 2.32. The molecule has 6 heteroatoms. The Morgan fingerprint density at radius 2 is 2.08 bits per heavy atom. The fraction of sp³-hybridized carbons (Fsp3) is 0.833. The molecule has 0 bridgehead atoms. The normalized spacial score (nSPS) is 14.0. The van der Waals surface area contributed by atoms with Crippen LogP contribution in [0.1, 0.15) is 20.8 Å². The molecule has 0 fully saturated rings. The summed E-state index contributed by atoms with van der Waals surface area (Å²) in [6.45, 7) is 4.58. The maximum absolute atomic E-state index is 11.0. The average Bonchev–Trinajstić information content (AvgIpc) is 1.85. The number of hydrogen-bond donors (Lipinski definition) is 1. The zero-order chi connectivity index (χ0) is 9.78. The molecule has 0 saturated heterocycles. The van der Waals surface area contributed by atoms with Gasteiger partial charge >= 0.3 is 17.3 Å². The van der Waals surface area contributed by atoms with E-state index in [0.717, 1.165) is 0 Å². The molecular weight excluding hydrogens is 184 g/mol. The van der Waals surface area contributed by atoms with Crippen molar-refractivity contribution in [2.45, 2.75) is 26.4 Å². The molecule has 0 aliphatic carbocycles. The molecule has 0 heterocycles. The van der Waals surface area contributed by atoms with E-state index in [1.165, 1.54) is 13.8 Å². The molecule has 0 aromatic carbocycles. The van der Waals surface area contributed by atoms with E-state index in [0.29, 0.717) is 0 Å². The van der Waals surface area contributed by atoms with Gasteiger partial charge in [0.2, 0.25) is 0 Å². The molecule has 0 saturated carbocycles. The molecular formula is C6H12O5S. The summed E-state index contributed by atoms with van der Waals surface area (Å²) >= 11 is -2.46. The third-order valence-corrected chi connectivity index (χ3v) is 1.61. The van der Waals surface area contributed by atoms with Crippen LogP contribution in [-0.2, 0) is 25.1 Å². The van der Waals surface area contributed by atoms with Crippen molar-refractivity contribution in [3.63, 3.8) is 0 Å². The predicted molar refractivity (Wildman–Crippen MR) is 42.6 cm³/mol. The van der Waals surface area contributed by atoms with Gasteiger partial charge in [-0.2, -0.15) is 4.21 Å². The lowest BCUT2D eigenvalue weighted by atomic mass is 10.1. The second-order valence-corrected chi connectivity index (χ2v) is 3.13. The van der Waals surface area contributed by atoms with Crippen LogP contribution in [0.4, 0.5) is 0 Å². The van der Waals surface area contributed by atoms with Gasteiger partial charge in [0, 0.05) is 0 Å². The average molecular weight is 196 g/mol. The van der Waals surface area contributed by atoms with E-state index in [2.05, 4.69) is 8.92 Å². The van der Waals surface area contributed by atoms with Gasteiger partial charge in [-0.15, -0.1) is 0 Å². The van der Waals surface area contributed by atoms with Crippen molar-refractivity contribution in [3.05, 3.63) is 0 Å². The lowest BCUT2D eigenvalue weighted by Gasteiger charge is -2.19. The minimum Gasteiger partial charge on any atom is -0.464 e. The molecule has 72 valence electrons. The summed E-state index contributed by atoms with van der Waals surface area (Å²) in [5, 5.41) is 0. The molecule has 0 radical (unpaired) electrons. The molecule has 0 aliphatic rings. The van der Waals surface area contributed by atoms with Crippen molar-refractivity contribution in [1.29, 1.82) is 0 Å². The molecule has 0 amide bonds. The number of ether oxygens (including phenoxy) is 1. The van der Waals surface area contributed by atoms with E-state index in [9.17, 15) is 9.00 Å². The van der Waals surface area contributed by atoms with Crippen molar-refractivity contribution in [2.75, 3.05) is 6.61 Å². The van der Waals surface area contributed by atoms with Gasteiger partial charge in [-0.1, -0.05) is 0 Å². The third-order valence-electron chi connectivity index (χ3n) is 1.05. The molecule has 12 heavy (non-hydrogen) atoms. The monoisotopic (exact) mass is 196 g/mol. The minimum absolute atomic E-state index is 0.212. The van der Waals surface area contributed by atoms with Crippen LogP contribution < -0.4 is 0 Å². The number of carbonyl (C=O) groups excluding carboxylic acids is 1. The maximum atomic E-state index is 11.0. The zero-order valence-electron chi connectivity index (χ0n) is 7.20. The molecule has 1 N–H and O–H groups in total. The maximum Gasteiger partial charge on any atom is 0.339 e. The molecule has 0 rings (SSSR count). The summed E-state index contributed by atoms with van der Waals surface area (Å²) in [5.74, 6) is -0.660. The SMILES string of the molecule is CCOC(=O)C(C)(C)OS(=O)O. The van der Waals surface area contributed by atoms with Gasteiger partial charge in [-0.05, 0) is 20.8 Å². The lowest BCUT2D eigenvalue weighted by Crippen LogP contribution is -2.37. The van der Waals surface area contributed by atoms with E-state index in [4.69, 9.17) is 4.55 Å². The van der Waals surface area contributed by atoms with Gasteiger partial charge < -0.3 is 4.74 Å². The molecule has 1 atom stereocenters. The largest absolute Gasteiger partial charge is 0.464 e. The van der Waals surface area contributed by atoms with Crippen molar-refractivity contribution >= 4 is 17.3 Å². The fourth-order valence-corrected chi connectivity index (χ4v) is 0.942. The highest BCUT2D eigenvalue weighted by Crippen LogP contribution is 2.12. The molecule has 0 aliphatic heterocycles. The van der Waals surface area contributed by atoms with Gasteiger partial charge in [-0.25, -0.2) is 4.79 Å². The standard InChI is InChI=1S/C6H12O5S/c1-4-10-5(7)6(2,3)11-12(8)9/h4H2,1-3H3,(H,8,9). The van der Waals surface area contributed by atoms with E-state index >= 15 is 0 Å². The Morgan fingerprint density at radius 1 is 1.58 bits per heavy atom. The highest BCUT2D eigenvalue weighted by molar-refractivity contribution is 7.74. The Bertz CT molecular complexity index is 188. The first kappa shape index (κ1) is 11.5. The van der Waals surface area contributed by atoms with Crippen LogP contribution in [0.5, 0.6) is 0 Å². The Kier molecular flexibility index (Phi) is 4.36. The third kappa shape index (κ3) is 3.80. The molecule has 0 spiro atoms. The van der Waals surface area contributed by atoms with Gasteiger partial charge in [0.25, 0.3) is 0 Å². The summed E-state index contributed by atoms with van der Waals surface area (Å²) in [6, 6.07) is 0. The van der Waals surface area contributed by atoms with E-state index in [1.807, 2.05) is 0 Å². The van der Waals surface area contributed by atoms with Crippen LogP contribution in [0.15, 0.2) is 0 Å². The van der Waals surface area contributed by atoms with Crippen molar-refractivity contribution in [3.8, 4) is 0 Å². The first-order chi connectivity index (χ1) is 5.40. The summed E-state index contributed by atoms with van der Waals surface area (Å²) in [5.41, 5.74) is -1.38.